The van der Waals surface area contributed by atoms with E-state index in [0.717, 1.165) is 41.1 Å². The fourth-order valence-electron chi connectivity index (χ4n) is 8.88. The summed E-state index contributed by atoms with van der Waals surface area (Å²) < 4.78 is 11.3. The first-order valence-corrected chi connectivity index (χ1v) is 13.8. The summed E-state index contributed by atoms with van der Waals surface area (Å²) in [6, 6.07) is 0.513. The Labute approximate surface area is 199 Å². The van der Waals surface area contributed by atoms with Gasteiger partial charge in [-0.2, -0.15) is 0 Å². The molecule has 2 heterocycles. The smallest absolute Gasteiger partial charge is 0.320 e. The lowest BCUT2D eigenvalue weighted by atomic mass is 9.53. The molecule has 4 saturated carbocycles. The molecule has 5 nitrogen and oxygen atoms in total. The van der Waals surface area contributed by atoms with Gasteiger partial charge in [-0.25, -0.2) is 4.79 Å². The van der Waals surface area contributed by atoms with Crippen LogP contribution in [-0.4, -0.2) is 61.3 Å². The van der Waals surface area contributed by atoms with Crippen LogP contribution in [0.25, 0.3) is 0 Å². The summed E-state index contributed by atoms with van der Waals surface area (Å²) in [4.78, 5) is 17.8. The lowest BCUT2D eigenvalue weighted by Gasteiger charge is -2.53. The molecule has 5 fully saturated rings. The van der Waals surface area contributed by atoms with Gasteiger partial charge < -0.3 is 19.3 Å². The molecule has 182 valence electrons. The second-order valence-electron chi connectivity index (χ2n) is 11.8. The molecule has 8 atom stereocenters. The number of morpholine rings is 1. The number of rotatable bonds is 2. The quantitative estimate of drug-likeness (QED) is 0.574. The highest BCUT2D eigenvalue weighted by molar-refractivity contribution is 5.75. The van der Waals surface area contributed by atoms with E-state index in [1.807, 2.05) is 17.2 Å². The molecule has 5 heteroatoms. The van der Waals surface area contributed by atoms with Crippen molar-refractivity contribution in [3.05, 3.63) is 24.0 Å². The van der Waals surface area contributed by atoms with Crippen molar-refractivity contribution in [2.24, 2.45) is 35.5 Å². The van der Waals surface area contributed by atoms with Crippen LogP contribution in [0.3, 0.4) is 0 Å². The van der Waals surface area contributed by atoms with E-state index < -0.39 is 0 Å². The Hall–Kier alpha value is -1.49. The Morgan fingerprint density at radius 2 is 1.76 bits per heavy atom. The molecule has 2 aliphatic heterocycles. The van der Waals surface area contributed by atoms with Gasteiger partial charge in [-0.15, -0.1) is 0 Å². The second kappa shape index (κ2) is 9.28. The number of carbonyl (C=O) groups is 1. The van der Waals surface area contributed by atoms with Crippen LogP contribution < -0.4 is 0 Å². The van der Waals surface area contributed by atoms with Gasteiger partial charge in [-0.05, 0) is 93.0 Å². The Morgan fingerprint density at radius 3 is 2.58 bits per heavy atom. The van der Waals surface area contributed by atoms with E-state index >= 15 is 0 Å². The van der Waals surface area contributed by atoms with Crippen LogP contribution in [0.15, 0.2) is 24.0 Å². The molecule has 6 aliphatic rings. The summed E-state index contributed by atoms with van der Waals surface area (Å²) in [7, 11) is 2.05. The van der Waals surface area contributed by atoms with Gasteiger partial charge in [0.05, 0.1) is 25.5 Å². The van der Waals surface area contributed by atoms with Crippen molar-refractivity contribution in [2.45, 2.75) is 76.3 Å². The molecule has 0 radical (unpaired) electrons. The normalized spacial score (nSPS) is 42.5. The van der Waals surface area contributed by atoms with Crippen LogP contribution in [0.1, 0.15) is 64.2 Å². The Kier molecular flexibility index (Phi) is 6.19. The summed E-state index contributed by atoms with van der Waals surface area (Å²) in [6.07, 6.45) is 20.0. The molecule has 6 rings (SSSR count). The Balaban J connectivity index is 1.11. The van der Waals surface area contributed by atoms with Crippen LogP contribution in [0, 0.1) is 35.5 Å². The van der Waals surface area contributed by atoms with E-state index in [1.165, 1.54) is 64.2 Å². The molecule has 1 saturated heterocycles. The number of hydrogen-bond acceptors (Lipinski definition) is 3. The molecule has 0 aromatic carbocycles. The van der Waals surface area contributed by atoms with Crippen molar-refractivity contribution in [3.63, 3.8) is 0 Å². The summed E-state index contributed by atoms with van der Waals surface area (Å²) in [6.45, 7) is 2.44. The number of ether oxygens (including phenoxy) is 2. The van der Waals surface area contributed by atoms with Crippen LogP contribution >= 0.6 is 0 Å². The van der Waals surface area contributed by atoms with Gasteiger partial charge in [0.15, 0.2) is 0 Å². The molecule has 8 unspecified atom stereocenters. The van der Waals surface area contributed by atoms with E-state index in [9.17, 15) is 4.79 Å². The molecule has 4 aliphatic carbocycles. The van der Waals surface area contributed by atoms with Crippen LogP contribution in [0.5, 0.6) is 0 Å². The fourth-order valence-corrected chi connectivity index (χ4v) is 8.88. The monoisotopic (exact) mass is 454 g/mol. The maximum absolute atomic E-state index is 13.7. The third kappa shape index (κ3) is 4.02. The molecule has 33 heavy (non-hydrogen) atoms. The van der Waals surface area contributed by atoms with Gasteiger partial charge in [-0.3, -0.25) is 0 Å². The van der Waals surface area contributed by atoms with E-state index in [0.29, 0.717) is 32.4 Å². The van der Waals surface area contributed by atoms with E-state index in [2.05, 4.69) is 18.0 Å². The third-order valence-corrected chi connectivity index (χ3v) is 10.5. The molecular weight excluding hydrogens is 412 g/mol. The first-order valence-electron chi connectivity index (χ1n) is 13.8. The zero-order valence-corrected chi connectivity index (χ0v) is 20.4. The maximum atomic E-state index is 13.7. The van der Waals surface area contributed by atoms with Gasteiger partial charge >= 0.3 is 6.03 Å². The number of carbonyl (C=O) groups excluding carboxylic acids is 1. The number of nitrogens with zero attached hydrogens (tertiary/aromatic N) is 2. The fraction of sp³-hybridized carbons (Fsp3) is 0.821. The van der Waals surface area contributed by atoms with Crippen LogP contribution in [0.4, 0.5) is 4.79 Å². The molecule has 0 spiro atoms. The van der Waals surface area contributed by atoms with E-state index in [1.54, 1.807) is 0 Å². The molecule has 0 aromatic heterocycles. The lowest BCUT2D eigenvalue weighted by molar-refractivity contribution is -0.0345. The summed E-state index contributed by atoms with van der Waals surface area (Å²) >= 11 is 0. The first kappa shape index (κ1) is 22.0. The van der Waals surface area contributed by atoms with Crippen molar-refractivity contribution in [2.75, 3.05) is 33.4 Å². The third-order valence-electron chi connectivity index (χ3n) is 10.5. The van der Waals surface area contributed by atoms with Crippen molar-refractivity contribution in [1.29, 1.82) is 0 Å². The zero-order valence-electron chi connectivity index (χ0n) is 20.4. The average Bonchev–Trinajstić information content (AvgIpc) is 3.37. The topological polar surface area (TPSA) is 42.0 Å². The largest absolute Gasteiger partial charge is 0.497 e. The summed E-state index contributed by atoms with van der Waals surface area (Å²) in [5, 5.41) is 0. The molecule has 2 amide bonds. The van der Waals surface area contributed by atoms with Gasteiger partial charge in [-0.1, -0.05) is 18.9 Å². The standard InChI is InChI=1S/C28H42N2O3/c1-29(28(31)30-13-15-33-18-27(30)21-5-3-14-32-17-21)22-9-12-24-20(16-22)8-11-25-23-6-2-4-19(23)7-10-26(24)25/h3,5,17,19-20,22-27H,2,4,6-16,18H2,1H3. The molecule has 0 bridgehead atoms. The highest BCUT2D eigenvalue weighted by Crippen LogP contribution is 2.58. The van der Waals surface area contributed by atoms with E-state index in [-0.39, 0.29) is 12.1 Å². The second-order valence-corrected chi connectivity index (χ2v) is 11.8. The summed E-state index contributed by atoms with van der Waals surface area (Å²) in [5.41, 5.74) is 1.05. The number of amides is 2. The molecule has 0 N–H and O–H groups in total. The summed E-state index contributed by atoms with van der Waals surface area (Å²) in [5.74, 6) is 5.88. The van der Waals surface area contributed by atoms with Crippen LogP contribution in [-0.2, 0) is 9.47 Å². The van der Waals surface area contributed by atoms with Gasteiger partial charge in [0.25, 0.3) is 0 Å². The predicted octanol–water partition coefficient (Wildman–Crippen LogP) is 5.23. The predicted molar refractivity (Wildman–Crippen MR) is 129 cm³/mol. The van der Waals surface area contributed by atoms with Crippen LogP contribution in [0.2, 0.25) is 0 Å². The van der Waals surface area contributed by atoms with Crippen molar-refractivity contribution in [3.8, 4) is 0 Å². The molecule has 0 aromatic rings. The first-order chi connectivity index (χ1) is 16.2. The van der Waals surface area contributed by atoms with Crippen molar-refractivity contribution in [1.82, 2.24) is 9.80 Å². The van der Waals surface area contributed by atoms with Crippen molar-refractivity contribution >= 4 is 6.03 Å². The van der Waals surface area contributed by atoms with Crippen molar-refractivity contribution < 1.29 is 14.3 Å². The maximum Gasteiger partial charge on any atom is 0.320 e. The highest BCUT2D eigenvalue weighted by atomic mass is 16.5. The SMILES string of the molecule is CN(C(=O)N1CCOCC1C1=COCC=C1)C1CCC2C(CCC3C4CCCC4CCC23)C1. The minimum atomic E-state index is -0.0429. The minimum absolute atomic E-state index is 0.0429. The van der Waals surface area contributed by atoms with Gasteiger partial charge in [0.2, 0.25) is 0 Å². The molecular formula is C28H42N2O3. The highest BCUT2D eigenvalue weighted by Gasteiger charge is 2.50. The number of urea groups is 1. The zero-order chi connectivity index (χ0) is 22.4. The lowest BCUT2D eigenvalue weighted by Crippen LogP contribution is -2.56. The van der Waals surface area contributed by atoms with E-state index in [4.69, 9.17) is 9.47 Å². The van der Waals surface area contributed by atoms with Gasteiger partial charge in [0, 0.05) is 25.2 Å². The number of hydrogen-bond donors (Lipinski definition) is 0. The Morgan fingerprint density at radius 1 is 0.970 bits per heavy atom. The average molecular weight is 455 g/mol. The minimum Gasteiger partial charge on any atom is -0.497 e. The Bertz CT molecular complexity index is 794. The van der Waals surface area contributed by atoms with Gasteiger partial charge in [0.1, 0.15) is 6.61 Å². The number of fused-ring (bicyclic) bond motifs is 5.